The minimum atomic E-state index is -0.912. The second-order valence-corrected chi connectivity index (χ2v) is 5.52. The van der Waals surface area contributed by atoms with Crippen LogP contribution in [0.25, 0.3) is 0 Å². The highest BCUT2D eigenvalue weighted by atomic mass is 19.1. The Hall–Kier alpha value is -2.29. The summed E-state index contributed by atoms with van der Waals surface area (Å²) in [7, 11) is 0. The van der Waals surface area contributed by atoms with E-state index in [0.717, 1.165) is 6.08 Å². The van der Waals surface area contributed by atoms with Gasteiger partial charge in [0.1, 0.15) is 25.6 Å². The highest BCUT2D eigenvalue weighted by Crippen LogP contribution is 2.21. The van der Waals surface area contributed by atoms with Gasteiger partial charge in [-0.25, -0.2) is 18.0 Å². The van der Waals surface area contributed by atoms with Crippen molar-refractivity contribution in [2.75, 3.05) is 0 Å². The highest BCUT2D eigenvalue weighted by Gasteiger charge is 2.13. The summed E-state index contributed by atoms with van der Waals surface area (Å²) in [6, 6.07) is 4.26. The lowest BCUT2D eigenvalue weighted by Gasteiger charge is -2.17. The van der Waals surface area contributed by atoms with Crippen LogP contribution in [0.2, 0.25) is 0 Å². The Morgan fingerprint density at radius 2 is 1.70 bits per heavy atom. The number of carbonyl (C=O) groups excluding carboxylic acids is 1. The Bertz CT molecular complexity index is 561. The molecule has 0 atom stereocenters. The van der Waals surface area contributed by atoms with E-state index >= 15 is 0 Å². The third-order valence-corrected chi connectivity index (χ3v) is 2.56. The van der Waals surface area contributed by atoms with Gasteiger partial charge < -0.3 is 4.74 Å². The standard InChI is InChI=1S/C10H8F3N.C7H12O2/c11-3-8-1-7(6-14)2-9(4-12)10(8)5-13;1-5-6(8)9-7(2,3)4/h1-2H,3-5H2;5H,1H2,2-4H3. The van der Waals surface area contributed by atoms with Crippen molar-refractivity contribution in [3.05, 3.63) is 47.0 Å². The SMILES string of the molecule is C=CC(=O)OC(C)(C)C.N#Cc1cc(CF)c(CF)c(CF)c1. The predicted octanol–water partition coefficient (Wildman–Crippen LogP) is 4.48. The van der Waals surface area contributed by atoms with Gasteiger partial charge in [-0.05, 0) is 49.6 Å². The molecule has 0 aromatic heterocycles. The largest absolute Gasteiger partial charge is 0.457 e. The summed E-state index contributed by atoms with van der Waals surface area (Å²) in [5.74, 6) is -0.373. The maximum absolute atomic E-state index is 12.4. The van der Waals surface area contributed by atoms with Crippen LogP contribution in [-0.4, -0.2) is 11.6 Å². The van der Waals surface area contributed by atoms with Gasteiger partial charge >= 0.3 is 5.97 Å². The fourth-order valence-corrected chi connectivity index (χ4v) is 1.62. The van der Waals surface area contributed by atoms with E-state index < -0.39 is 25.6 Å². The monoisotopic (exact) mass is 327 g/mol. The first-order chi connectivity index (χ1) is 10.7. The summed E-state index contributed by atoms with van der Waals surface area (Å²) in [6.07, 6.45) is 1.16. The molecule has 6 heteroatoms. The lowest BCUT2D eigenvalue weighted by Crippen LogP contribution is -2.22. The number of benzene rings is 1. The van der Waals surface area contributed by atoms with Crippen LogP contribution in [0.4, 0.5) is 13.2 Å². The second kappa shape index (κ2) is 9.67. The molecule has 0 aliphatic rings. The van der Waals surface area contributed by atoms with E-state index in [-0.39, 0.29) is 28.2 Å². The topological polar surface area (TPSA) is 50.1 Å². The average molecular weight is 327 g/mol. The number of alkyl halides is 3. The van der Waals surface area contributed by atoms with Crippen molar-refractivity contribution in [3.8, 4) is 6.07 Å². The lowest BCUT2D eigenvalue weighted by molar-refractivity contribution is -0.148. The number of nitriles is 1. The minimum absolute atomic E-state index is 0.0222. The molecule has 0 radical (unpaired) electrons. The minimum Gasteiger partial charge on any atom is -0.457 e. The third kappa shape index (κ3) is 7.50. The first kappa shape index (κ1) is 20.7. The summed E-state index contributed by atoms with van der Waals surface area (Å²) >= 11 is 0. The number of hydrogen-bond donors (Lipinski definition) is 0. The molecule has 0 aliphatic carbocycles. The van der Waals surface area contributed by atoms with E-state index in [9.17, 15) is 18.0 Å². The molecular weight excluding hydrogens is 307 g/mol. The third-order valence-electron chi connectivity index (χ3n) is 2.56. The summed E-state index contributed by atoms with van der Waals surface area (Å²) in [6.45, 7) is 6.03. The summed E-state index contributed by atoms with van der Waals surface area (Å²) < 4.78 is 42.1. The van der Waals surface area contributed by atoms with Crippen molar-refractivity contribution >= 4 is 5.97 Å². The van der Waals surface area contributed by atoms with E-state index in [0.29, 0.717) is 0 Å². The van der Waals surface area contributed by atoms with Gasteiger partial charge in [-0.1, -0.05) is 6.58 Å². The number of carbonyl (C=O) groups is 1. The van der Waals surface area contributed by atoms with E-state index in [1.165, 1.54) is 12.1 Å². The van der Waals surface area contributed by atoms with Crippen molar-refractivity contribution in [1.82, 2.24) is 0 Å². The maximum atomic E-state index is 12.4. The first-order valence-electron chi connectivity index (χ1n) is 6.80. The van der Waals surface area contributed by atoms with Crippen LogP contribution in [0.5, 0.6) is 0 Å². The number of rotatable bonds is 4. The zero-order chi connectivity index (χ0) is 18.0. The molecule has 3 nitrogen and oxygen atoms in total. The normalized spacial score (nSPS) is 10.1. The van der Waals surface area contributed by atoms with Crippen molar-refractivity contribution < 1.29 is 22.7 Å². The molecule has 0 spiro atoms. The van der Waals surface area contributed by atoms with Crippen LogP contribution in [0.15, 0.2) is 24.8 Å². The molecule has 0 saturated heterocycles. The maximum Gasteiger partial charge on any atom is 0.330 e. The van der Waals surface area contributed by atoms with Crippen LogP contribution < -0.4 is 0 Å². The second-order valence-electron chi connectivity index (χ2n) is 5.52. The van der Waals surface area contributed by atoms with Crippen molar-refractivity contribution in [3.63, 3.8) is 0 Å². The van der Waals surface area contributed by atoms with Gasteiger partial charge in [-0.2, -0.15) is 5.26 Å². The molecule has 1 aromatic carbocycles. The number of nitrogens with zero attached hydrogens (tertiary/aromatic N) is 1. The fraction of sp³-hybridized carbons (Fsp3) is 0.412. The Morgan fingerprint density at radius 1 is 1.22 bits per heavy atom. The van der Waals surface area contributed by atoms with Crippen LogP contribution in [0.3, 0.4) is 0 Å². The molecular formula is C17H20F3NO2. The number of esters is 1. The van der Waals surface area contributed by atoms with Crippen LogP contribution in [0.1, 0.15) is 43.0 Å². The fourth-order valence-electron chi connectivity index (χ4n) is 1.62. The van der Waals surface area contributed by atoms with Gasteiger partial charge in [0.15, 0.2) is 0 Å². The first-order valence-corrected chi connectivity index (χ1v) is 6.80. The molecule has 0 amide bonds. The van der Waals surface area contributed by atoms with Gasteiger partial charge in [0.25, 0.3) is 0 Å². The molecule has 0 heterocycles. The number of halogens is 3. The molecule has 0 saturated carbocycles. The molecule has 0 fully saturated rings. The molecule has 0 unspecified atom stereocenters. The summed E-state index contributed by atoms with van der Waals surface area (Å²) in [5, 5.41) is 8.55. The van der Waals surface area contributed by atoms with Crippen LogP contribution in [0, 0.1) is 11.3 Å². The smallest absolute Gasteiger partial charge is 0.330 e. The molecule has 0 aliphatic heterocycles. The number of ether oxygens (including phenoxy) is 1. The quantitative estimate of drug-likeness (QED) is 0.605. The lowest BCUT2D eigenvalue weighted by atomic mass is 10.00. The van der Waals surface area contributed by atoms with Crippen molar-refractivity contribution in [1.29, 1.82) is 5.26 Å². The summed E-state index contributed by atoms with van der Waals surface area (Å²) in [4.78, 5) is 10.5. The predicted molar refractivity (Wildman–Crippen MR) is 81.6 cm³/mol. The van der Waals surface area contributed by atoms with Gasteiger partial charge in [-0.15, -0.1) is 0 Å². The Labute approximate surface area is 134 Å². The Kier molecular flexibility index (Phi) is 8.71. The van der Waals surface area contributed by atoms with E-state index in [1.54, 1.807) is 6.07 Å². The van der Waals surface area contributed by atoms with E-state index in [4.69, 9.17) is 10.00 Å². The van der Waals surface area contributed by atoms with Crippen LogP contribution in [-0.2, 0) is 29.6 Å². The van der Waals surface area contributed by atoms with Gasteiger partial charge in [-0.3, -0.25) is 0 Å². The van der Waals surface area contributed by atoms with E-state index in [2.05, 4.69) is 6.58 Å². The van der Waals surface area contributed by atoms with Crippen molar-refractivity contribution in [2.24, 2.45) is 0 Å². The zero-order valence-electron chi connectivity index (χ0n) is 13.5. The van der Waals surface area contributed by atoms with Gasteiger partial charge in [0.05, 0.1) is 11.6 Å². The average Bonchev–Trinajstić information content (AvgIpc) is 2.52. The van der Waals surface area contributed by atoms with Crippen molar-refractivity contribution in [2.45, 2.75) is 46.4 Å². The van der Waals surface area contributed by atoms with Gasteiger partial charge in [0, 0.05) is 6.08 Å². The number of hydrogen-bond acceptors (Lipinski definition) is 3. The molecule has 0 N–H and O–H groups in total. The van der Waals surface area contributed by atoms with E-state index in [1.807, 2.05) is 20.8 Å². The Balaban J connectivity index is 0.000000468. The zero-order valence-corrected chi connectivity index (χ0v) is 13.5. The molecule has 1 rings (SSSR count). The summed E-state index contributed by atoms with van der Waals surface area (Å²) in [5.41, 5.74) is -0.111. The van der Waals surface area contributed by atoms with Crippen LogP contribution >= 0.6 is 0 Å². The van der Waals surface area contributed by atoms with Gasteiger partial charge in [0.2, 0.25) is 0 Å². The highest BCUT2D eigenvalue weighted by molar-refractivity contribution is 5.81. The molecule has 0 bridgehead atoms. The molecule has 126 valence electrons. The Morgan fingerprint density at radius 3 is 1.91 bits per heavy atom. The molecule has 23 heavy (non-hydrogen) atoms. The molecule has 1 aromatic rings.